The molecule has 0 radical (unpaired) electrons. The molecule has 1 N–H and O–H groups in total. The fourth-order valence-electron chi connectivity index (χ4n) is 3.77. The van der Waals surface area contributed by atoms with Gasteiger partial charge in [0.2, 0.25) is 0 Å². The molecule has 0 bridgehead atoms. The highest BCUT2D eigenvalue weighted by Gasteiger charge is 2.13. The van der Waals surface area contributed by atoms with E-state index in [4.69, 9.17) is 16.0 Å². The number of oxazole rings is 1. The third-order valence-corrected chi connectivity index (χ3v) is 5.56. The molecule has 0 unspecified atom stereocenters. The number of piperidine rings is 1. The molecule has 2 aromatic carbocycles. The van der Waals surface area contributed by atoms with Crippen molar-refractivity contribution in [2.45, 2.75) is 25.9 Å². The molecule has 1 fully saturated rings. The monoisotopic (exact) mass is 407 g/mol. The smallest absolute Gasteiger partial charge is 0.299 e. The van der Waals surface area contributed by atoms with Crippen molar-refractivity contribution in [2.75, 3.05) is 18.4 Å². The van der Waals surface area contributed by atoms with Gasteiger partial charge in [0.25, 0.3) is 6.01 Å². The van der Waals surface area contributed by atoms with Crippen LogP contribution in [0.4, 0.5) is 11.7 Å². The quantitative estimate of drug-likeness (QED) is 0.471. The van der Waals surface area contributed by atoms with Crippen molar-refractivity contribution in [3.05, 3.63) is 59.9 Å². The lowest BCUT2D eigenvalue weighted by molar-refractivity contribution is 0.176. The molecule has 0 aliphatic carbocycles. The van der Waals surface area contributed by atoms with Gasteiger partial charge in [0.05, 0.1) is 24.6 Å². The van der Waals surface area contributed by atoms with Crippen molar-refractivity contribution < 1.29 is 4.42 Å². The molecule has 7 heteroatoms. The van der Waals surface area contributed by atoms with Gasteiger partial charge in [0.1, 0.15) is 0 Å². The fourth-order valence-corrected chi connectivity index (χ4v) is 3.90. The number of nitrogens with zero attached hydrogens (tertiary/aromatic N) is 4. The molecule has 1 aliphatic heterocycles. The van der Waals surface area contributed by atoms with Gasteiger partial charge in [-0.3, -0.25) is 9.58 Å². The first kappa shape index (κ1) is 18.2. The Hall–Kier alpha value is -2.83. The molecule has 3 heterocycles. The van der Waals surface area contributed by atoms with Gasteiger partial charge in [-0.1, -0.05) is 18.0 Å². The standard InChI is InChI=1S/C22H22ClN5O/c23-18-6-4-16(5-7-18)21-14-24-22(29-21)26-19-8-9-20-17(12-19)13-25-28(20)15-27-10-2-1-3-11-27/h4-9,12-14H,1-3,10-11,15H2,(H,24,26). The van der Waals surface area contributed by atoms with E-state index in [1.165, 1.54) is 19.3 Å². The summed E-state index contributed by atoms with van der Waals surface area (Å²) >= 11 is 5.95. The number of aromatic nitrogens is 3. The molecule has 0 amide bonds. The molecule has 0 saturated carbocycles. The third-order valence-electron chi connectivity index (χ3n) is 5.31. The minimum Gasteiger partial charge on any atom is -0.423 e. The summed E-state index contributed by atoms with van der Waals surface area (Å²) in [6.45, 7) is 3.16. The third kappa shape index (κ3) is 3.99. The molecule has 5 rings (SSSR count). The predicted octanol–water partition coefficient (Wildman–Crippen LogP) is 5.53. The normalized spacial score (nSPS) is 15.1. The summed E-state index contributed by atoms with van der Waals surface area (Å²) in [5.41, 5.74) is 2.99. The molecule has 4 aromatic rings. The number of halogens is 1. The highest BCUT2D eigenvalue weighted by Crippen LogP contribution is 2.27. The van der Waals surface area contributed by atoms with Crippen molar-refractivity contribution in [3.8, 4) is 11.3 Å². The Balaban J connectivity index is 1.31. The summed E-state index contributed by atoms with van der Waals surface area (Å²) in [6, 6.07) is 14.1. The van der Waals surface area contributed by atoms with Gasteiger partial charge in [0.15, 0.2) is 5.76 Å². The van der Waals surface area contributed by atoms with Crippen LogP contribution in [-0.4, -0.2) is 32.8 Å². The van der Waals surface area contributed by atoms with Crippen molar-refractivity contribution in [2.24, 2.45) is 0 Å². The average molecular weight is 408 g/mol. The number of likely N-dealkylation sites (tertiary alicyclic amines) is 1. The summed E-state index contributed by atoms with van der Waals surface area (Å²) < 4.78 is 7.92. The SMILES string of the molecule is Clc1ccc(-c2cnc(Nc3ccc4c(cnn4CN4CCCCC4)c3)o2)cc1. The maximum Gasteiger partial charge on any atom is 0.299 e. The number of benzene rings is 2. The topological polar surface area (TPSA) is 59.1 Å². The second kappa shape index (κ2) is 7.89. The second-order valence-corrected chi connectivity index (χ2v) is 7.84. The van der Waals surface area contributed by atoms with Crippen LogP contribution in [0.15, 0.2) is 59.3 Å². The summed E-state index contributed by atoms with van der Waals surface area (Å²) in [5, 5.41) is 9.61. The van der Waals surface area contributed by atoms with Crippen molar-refractivity contribution in [1.29, 1.82) is 0 Å². The zero-order chi connectivity index (χ0) is 19.6. The molecule has 29 heavy (non-hydrogen) atoms. The molecule has 148 valence electrons. The van der Waals surface area contributed by atoms with Gasteiger partial charge >= 0.3 is 0 Å². The Kier molecular flexibility index (Phi) is 4.96. The number of hydrogen-bond donors (Lipinski definition) is 1. The number of nitrogens with one attached hydrogen (secondary N) is 1. The number of anilines is 2. The molecule has 2 aromatic heterocycles. The van der Waals surface area contributed by atoms with Crippen LogP contribution in [0, 0.1) is 0 Å². The number of hydrogen-bond acceptors (Lipinski definition) is 5. The lowest BCUT2D eigenvalue weighted by Crippen LogP contribution is -2.31. The molecule has 6 nitrogen and oxygen atoms in total. The van der Waals surface area contributed by atoms with Crippen LogP contribution in [0.2, 0.25) is 5.02 Å². The van der Waals surface area contributed by atoms with Crippen LogP contribution in [0.3, 0.4) is 0 Å². The van der Waals surface area contributed by atoms with E-state index in [0.717, 1.165) is 41.9 Å². The zero-order valence-corrected chi connectivity index (χ0v) is 16.8. The first-order valence-electron chi connectivity index (χ1n) is 9.91. The highest BCUT2D eigenvalue weighted by molar-refractivity contribution is 6.30. The van der Waals surface area contributed by atoms with E-state index in [-0.39, 0.29) is 0 Å². The lowest BCUT2D eigenvalue weighted by atomic mass is 10.1. The van der Waals surface area contributed by atoms with E-state index < -0.39 is 0 Å². The maximum absolute atomic E-state index is 5.95. The largest absolute Gasteiger partial charge is 0.423 e. The Bertz CT molecular complexity index is 1110. The van der Waals surface area contributed by atoms with Crippen LogP contribution in [0.1, 0.15) is 19.3 Å². The predicted molar refractivity (Wildman–Crippen MR) is 115 cm³/mol. The number of rotatable bonds is 5. The molecular formula is C22H22ClN5O. The lowest BCUT2D eigenvalue weighted by Gasteiger charge is -2.26. The molecule has 0 spiro atoms. The Morgan fingerprint density at radius 1 is 1.00 bits per heavy atom. The summed E-state index contributed by atoms with van der Waals surface area (Å²) in [5.74, 6) is 0.694. The fraction of sp³-hybridized carbons (Fsp3) is 0.273. The minimum atomic E-state index is 0.454. The minimum absolute atomic E-state index is 0.454. The molecule has 1 saturated heterocycles. The van der Waals surface area contributed by atoms with Gasteiger partial charge in [0, 0.05) is 21.7 Å². The highest BCUT2D eigenvalue weighted by atomic mass is 35.5. The van der Waals surface area contributed by atoms with Crippen LogP contribution in [0.5, 0.6) is 0 Å². The maximum atomic E-state index is 5.95. The van der Waals surface area contributed by atoms with Crippen molar-refractivity contribution >= 4 is 34.2 Å². The van der Waals surface area contributed by atoms with Gasteiger partial charge in [-0.15, -0.1) is 0 Å². The van der Waals surface area contributed by atoms with Crippen LogP contribution >= 0.6 is 11.6 Å². The Morgan fingerprint density at radius 3 is 2.66 bits per heavy atom. The summed E-state index contributed by atoms with van der Waals surface area (Å²) in [6.07, 6.45) is 7.52. The Morgan fingerprint density at radius 2 is 1.83 bits per heavy atom. The summed E-state index contributed by atoms with van der Waals surface area (Å²) in [4.78, 5) is 6.80. The first-order valence-corrected chi connectivity index (χ1v) is 10.3. The van der Waals surface area contributed by atoms with Crippen LogP contribution in [-0.2, 0) is 6.67 Å². The van der Waals surface area contributed by atoms with Crippen molar-refractivity contribution in [3.63, 3.8) is 0 Å². The number of fused-ring (bicyclic) bond motifs is 1. The van der Waals surface area contributed by atoms with E-state index in [2.05, 4.69) is 37.1 Å². The molecule has 0 atom stereocenters. The van der Waals surface area contributed by atoms with Crippen molar-refractivity contribution in [1.82, 2.24) is 19.7 Å². The van der Waals surface area contributed by atoms with Crippen LogP contribution in [0.25, 0.3) is 22.2 Å². The zero-order valence-electron chi connectivity index (χ0n) is 16.0. The van der Waals surface area contributed by atoms with E-state index in [0.29, 0.717) is 16.8 Å². The van der Waals surface area contributed by atoms with E-state index >= 15 is 0 Å². The average Bonchev–Trinajstić information content (AvgIpc) is 3.37. The first-order chi connectivity index (χ1) is 14.2. The molecule has 1 aliphatic rings. The van der Waals surface area contributed by atoms with E-state index in [9.17, 15) is 0 Å². The van der Waals surface area contributed by atoms with Gasteiger partial charge < -0.3 is 9.73 Å². The van der Waals surface area contributed by atoms with Gasteiger partial charge in [-0.25, -0.2) is 4.98 Å². The summed E-state index contributed by atoms with van der Waals surface area (Å²) in [7, 11) is 0. The van der Waals surface area contributed by atoms with Gasteiger partial charge in [-0.05, 0) is 68.4 Å². The second-order valence-electron chi connectivity index (χ2n) is 7.40. The van der Waals surface area contributed by atoms with E-state index in [1.54, 1.807) is 6.20 Å². The van der Waals surface area contributed by atoms with Crippen LogP contribution < -0.4 is 5.32 Å². The van der Waals surface area contributed by atoms with Gasteiger partial charge in [-0.2, -0.15) is 5.10 Å². The van der Waals surface area contributed by atoms with E-state index in [1.807, 2.05) is 36.5 Å². The Labute approximate surface area is 174 Å². The molecular weight excluding hydrogens is 386 g/mol.